The van der Waals surface area contributed by atoms with Crippen LogP contribution in [0.4, 0.5) is 18.9 Å². The number of aromatic nitrogens is 1. The number of nitrogens with two attached hydrogens (primary N) is 1. The molecule has 1 aromatic heterocycles. The van der Waals surface area contributed by atoms with Crippen LogP contribution in [0.3, 0.4) is 0 Å². The highest BCUT2D eigenvalue weighted by Crippen LogP contribution is 2.24. The van der Waals surface area contributed by atoms with E-state index < -0.39 is 12.6 Å². The van der Waals surface area contributed by atoms with Gasteiger partial charge < -0.3 is 10.3 Å². The molecule has 2 N–H and O–H groups in total. The van der Waals surface area contributed by atoms with Crippen molar-refractivity contribution in [3.63, 3.8) is 0 Å². The van der Waals surface area contributed by atoms with Crippen molar-refractivity contribution >= 4 is 16.6 Å². The first-order valence-corrected chi connectivity index (χ1v) is 5.37. The molecule has 0 fully saturated rings. The Kier molecular flexibility index (Phi) is 3.00. The zero-order valence-corrected chi connectivity index (χ0v) is 9.17. The number of hydrogen-bond donors (Lipinski definition) is 1. The monoisotopic (exact) mass is 242 g/mol. The maximum absolute atomic E-state index is 12.0. The Morgan fingerprint density at radius 3 is 2.65 bits per heavy atom. The molecule has 0 atom stereocenters. The second-order valence-electron chi connectivity index (χ2n) is 4.01. The number of hydrogen-bond acceptors (Lipinski definition) is 1. The Morgan fingerprint density at radius 2 is 1.94 bits per heavy atom. The smallest absolute Gasteiger partial charge is 0.389 e. The Balaban J connectivity index is 2.12. The van der Waals surface area contributed by atoms with Crippen molar-refractivity contribution in [2.45, 2.75) is 25.6 Å². The molecule has 0 aliphatic carbocycles. The van der Waals surface area contributed by atoms with E-state index in [9.17, 15) is 13.2 Å². The molecule has 0 bridgehead atoms. The minimum atomic E-state index is -4.08. The average Bonchev–Trinajstić information content (AvgIpc) is 2.61. The van der Waals surface area contributed by atoms with Crippen molar-refractivity contribution in [1.82, 2.24) is 4.57 Å². The van der Waals surface area contributed by atoms with E-state index in [0.29, 0.717) is 12.2 Å². The second kappa shape index (κ2) is 4.31. The summed E-state index contributed by atoms with van der Waals surface area (Å²) in [6.07, 6.45) is -2.98. The van der Waals surface area contributed by atoms with Crippen LogP contribution in [0, 0.1) is 0 Å². The van der Waals surface area contributed by atoms with Gasteiger partial charge in [-0.3, -0.25) is 0 Å². The maximum atomic E-state index is 12.0. The van der Waals surface area contributed by atoms with E-state index in [0.717, 1.165) is 10.9 Å². The van der Waals surface area contributed by atoms with Crippen molar-refractivity contribution in [1.29, 1.82) is 0 Å². The molecule has 17 heavy (non-hydrogen) atoms. The Bertz CT molecular complexity index is 514. The van der Waals surface area contributed by atoms with E-state index in [1.54, 1.807) is 22.9 Å². The van der Waals surface area contributed by atoms with Crippen molar-refractivity contribution < 1.29 is 13.2 Å². The standard InChI is InChI=1S/C12H13F3N2/c13-12(14,15)6-2-7-17-8-5-9-10(16)3-1-4-11(9)17/h1,3-5,8H,2,6-7,16H2. The van der Waals surface area contributed by atoms with Gasteiger partial charge in [0.1, 0.15) is 0 Å². The van der Waals surface area contributed by atoms with Crippen molar-refractivity contribution in [2.24, 2.45) is 0 Å². The first kappa shape index (κ1) is 11.8. The van der Waals surface area contributed by atoms with Crippen molar-refractivity contribution in [3.8, 4) is 0 Å². The van der Waals surface area contributed by atoms with Crippen LogP contribution in [0.2, 0.25) is 0 Å². The topological polar surface area (TPSA) is 30.9 Å². The summed E-state index contributed by atoms with van der Waals surface area (Å²) in [5, 5.41) is 0.888. The number of anilines is 1. The molecular weight excluding hydrogens is 229 g/mol. The minimum Gasteiger partial charge on any atom is -0.398 e. The molecule has 0 radical (unpaired) electrons. The zero-order chi connectivity index (χ0) is 12.5. The second-order valence-corrected chi connectivity index (χ2v) is 4.01. The molecule has 0 saturated carbocycles. The Labute approximate surface area is 96.8 Å². The van der Waals surface area contributed by atoms with E-state index in [4.69, 9.17) is 5.73 Å². The van der Waals surface area contributed by atoms with Gasteiger partial charge in [-0.25, -0.2) is 0 Å². The van der Waals surface area contributed by atoms with Crippen molar-refractivity contribution in [3.05, 3.63) is 30.5 Å². The fraction of sp³-hybridized carbons (Fsp3) is 0.333. The van der Waals surface area contributed by atoms with Crippen LogP contribution < -0.4 is 5.73 Å². The molecule has 92 valence electrons. The lowest BCUT2D eigenvalue weighted by atomic mass is 10.2. The summed E-state index contributed by atoms with van der Waals surface area (Å²) in [5.41, 5.74) is 7.31. The van der Waals surface area contributed by atoms with Crippen LogP contribution in [0.5, 0.6) is 0 Å². The fourth-order valence-electron chi connectivity index (χ4n) is 1.89. The SMILES string of the molecule is Nc1cccc2c1ccn2CCCC(F)(F)F. The maximum Gasteiger partial charge on any atom is 0.389 e. The number of aryl methyl sites for hydroxylation is 1. The molecule has 0 aliphatic rings. The normalized spacial score (nSPS) is 12.2. The fourth-order valence-corrected chi connectivity index (χ4v) is 1.89. The highest BCUT2D eigenvalue weighted by atomic mass is 19.4. The summed E-state index contributed by atoms with van der Waals surface area (Å²) in [7, 11) is 0. The van der Waals surface area contributed by atoms with Gasteiger partial charge in [0.05, 0.1) is 5.52 Å². The third-order valence-electron chi connectivity index (χ3n) is 2.71. The third kappa shape index (κ3) is 2.72. The van der Waals surface area contributed by atoms with E-state index >= 15 is 0 Å². The molecule has 0 aliphatic heterocycles. The predicted octanol–water partition coefficient (Wildman–Crippen LogP) is 3.57. The molecule has 5 heteroatoms. The van der Waals surface area contributed by atoms with Crippen LogP contribution in [0.15, 0.2) is 30.5 Å². The number of benzene rings is 1. The molecular formula is C12H13F3N2. The van der Waals surface area contributed by atoms with Gasteiger partial charge in [0, 0.05) is 30.2 Å². The van der Waals surface area contributed by atoms with E-state index in [1.807, 2.05) is 12.1 Å². The van der Waals surface area contributed by atoms with Gasteiger partial charge in [-0.2, -0.15) is 13.2 Å². The predicted molar refractivity (Wildman–Crippen MR) is 61.6 cm³/mol. The number of halogens is 3. The average molecular weight is 242 g/mol. The van der Waals surface area contributed by atoms with Gasteiger partial charge in [0.25, 0.3) is 0 Å². The Morgan fingerprint density at radius 1 is 1.18 bits per heavy atom. The molecule has 0 spiro atoms. The van der Waals surface area contributed by atoms with Crippen LogP contribution in [0.1, 0.15) is 12.8 Å². The highest BCUT2D eigenvalue weighted by Gasteiger charge is 2.26. The largest absolute Gasteiger partial charge is 0.398 e. The highest BCUT2D eigenvalue weighted by molar-refractivity contribution is 5.91. The lowest BCUT2D eigenvalue weighted by molar-refractivity contribution is -0.135. The molecule has 2 aromatic rings. The van der Waals surface area contributed by atoms with E-state index in [1.165, 1.54) is 0 Å². The summed E-state index contributed by atoms with van der Waals surface area (Å²) < 4.78 is 37.9. The minimum absolute atomic E-state index is 0.0854. The molecule has 1 aromatic carbocycles. The third-order valence-corrected chi connectivity index (χ3v) is 2.71. The van der Waals surface area contributed by atoms with E-state index in [2.05, 4.69) is 0 Å². The number of alkyl halides is 3. The number of nitrogens with zero attached hydrogens (tertiary/aromatic N) is 1. The molecule has 2 rings (SSSR count). The molecule has 0 saturated heterocycles. The summed E-state index contributed by atoms with van der Waals surface area (Å²) >= 11 is 0. The van der Waals surface area contributed by atoms with Crippen LogP contribution >= 0.6 is 0 Å². The molecule has 1 heterocycles. The van der Waals surface area contributed by atoms with Crippen LogP contribution in [0.25, 0.3) is 10.9 Å². The molecule has 0 amide bonds. The van der Waals surface area contributed by atoms with Crippen LogP contribution in [-0.2, 0) is 6.54 Å². The quantitative estimate of drug-likeness (QED) is 0.819. The van der Waals surface area contributed by atoms with Gasteiger partial charge in [-0.1, -0.05) is 6.07 Å². The number of fused-ring (bicyclic) bond motifs is 1. The number of rotatable bonds is 3. The van der Waals surface area contributed by atoms with Gasteiger partial charge in [-0.05, 0) is 24.6 Å². The lowest BCUT2D eigenvalue weighted by Crippen LogP contribution is -2.08. The van der Waals surface area contributed by atoms with Crippen molar-refractivity contribution in [2.75, 3.05) is 5.73 Å². The van der Waals surface area contributed by atoms with Gasteiger partial charge >= 0.3 is 6.18 Å². The van der Waals surface area contributed by atoms with Gasteiger partial charge in [0.15, 0.2) is 0 Å². The summed E-state index contributed by atoms with van der Waals surface area (Å²) in [4.78, 5) is 0. The first-order valence-electron chi connectivity index (χ1n) is 5.37. The Hall–Kier alpha value is -1.65. The van der Waals surface area contributed by atoms with Gasteiger partial charge in [0.2, 0.25) is 0 Å². The van der Waals surface area contributed by atoms with Crippen LogP contribution in [-0.4, -0.2) is 10.7 Å². The molecule has 0 unspecified atom stereocenters. The number of nitrogen functional groups attached to an aromatic ring is 1. The zero-order valence-electron chi connectivity index (χ0n) is 9.17. The lowest BCUT2D eigenvalue weighted by Gasteiger charge is -2.08. The molecule has 2 nitrogen and oxygen atoms in total. The summed E-state index contributed by atoms with van der Waals surface area (Å²) in [5.74, 6) is 0. The van der Waals surface area contributed by atoms with E-state index in [-0.39, 0.29) is 6.42 Å². The summed E-state index contributed by atoms with van der Waals surface area (Å²) in [6.45, 7) is 0.354. The van der Waals surface area contributed by atoms with Gasteiger partial charge in [-0.15, -0.1) is 0 Å². The summed E-state index contributed by atoms with van der Waals surface area (Å²) in [6, 6.07) is 7.28. The first-order chi connectivity index (χ1) is 7.97.